The van der Waals surface area contributed by atoms with Crippen molar-refractivity contribution in [3.05, 3.63) is 253 Å². The van der Waals surface area contributed by atoms with Gasteiger partial charge in [0.25, 0.3) is 0 Å². The molecule has 2 heterocycles. The average molecular weight is 951 g/mol. The van der Waals surface area contributed by atoms with E-state index >= 15 is 0 Å². The number of para-hydroxylation sites is 6. The van der Waals surface area contributed by atoms with Crippen LogP contribution in [0.4, 0.5) is 34.1 Å². The number of rotatable bonds is 7. The smallest absolute Gasteiger partial charge is 0.159 e. The average Bonchev–Trinajstić information content (AvgIpc) is 4.21. The molecule has 15 rings (SSSR count). The summed E-state index contributed by atoms with van der Waals surface area (Å²) in [5.74, 6) is 0. The molecule has 0 unspecified atom stereocenters. The van der Waals surface area contributed by atoms with Crippen LogP contribution in [0.5, 0.6) is 0 Å². The normalized spacial score (nSPS) is 13.9. The zero-order valence-corrected chi connectivity index (χ0v) is 41.7. The molecular weight excluding hydrogens is 901 g/mol. The second-order valence-corrected chi connectivity index (χ2v) is 21.2. The van der Waals surface area contributed by atoms with Crippen molar-refractivity contribution in [3.63, 3.8) is 0 Å². The molecule has 0 saturated carbocycles. The van der Waals surface area contributed by atoms with Gasteiger partial charge in [-0.05, 0) is 128 Å². The summed E-state index contributed by atoms with van der Waals surface area (Å²) in [7, 11) is 0. The first-order chi connectivity index (χ1) is 36.2. The van der Waals surface area contributed by atoms with E-state index < -0.39 is 0 Å². The molecule has 0 radical (unpaired) electrons. The van der Waals surface area contributed by atoms with Crippen molar-refractivity contribution in [2.75, 3.05) is 9.80 Å². The summed E-state index contributed by atoms with van der Waals surface area (Å²) in [6.07, 6.45) is 0. The molecule has 0 aliphatic heterocycles. The fourth-order valence-electron chi connectivity index (χ4n) is 12.8. The summed E-state index contributed by atoms with van der Waals surface area (Å²) in [4.78, 5) is 4.79. The number of anilines is 6. The van der Waals surface area contributed by atoms with E-state index in [1.165, 1.54) is 55.3 Å². The fourth-order valence-corrected chi connectivity index (χ4v) is 12.8. The van der Waals surface area contributed by atoms with Gasteiger partial charge in [-0.15, -0.1) is 0 Å². The minimum Gasteiger partial charge on any atom is -0.454 e. The van der Waals surface area contributed by atoms with E-state index in [0.29, 0.717) is 0 Å². The minimum atomic E-state index is -0.320. The van der Waals surface area contributed by atoms with E-state index in [4.69, 9.17) is 8.83 Å². The molecule has 352 valence electrons. The molecule has 13 aromatic rings. The van der Waals surface area contributed by atoms with Crippen LogP contribution >= 0.6 is 0 Å². The highest BCUT2D eigenvalue weighted by Crippen LogP contribution is 2.60. The van der Waals surface area contributed by atoms with Gasteiger partial charge in [0.05, 0.1) is 17.1 Å². The van der Waals surface area contributed by atoms with Crippen molar-refractivity contribution in [1.82, 2.24) is 0 Å². The Balaban J connectivity index is 0.892. The Kier molecular flexibility index (Phi) is 9.02. The second-order valence-electron chi connectivity index (χ2n) is 21.2. The van der Waals surface area contributed by atoms with Crippen molar-refractivity contribution in [1.29, 1.82) is 0 Å². The van der Waals surface area contributed by atoms with Gasteiger partial charge in [0.1, 0.15) is 11.2 Å². The maximum Gasteiger partial charge on any atom is 0.159 e. The van der Waals surface area contributed by atoms with Crippen LogP contribution < -0.4 is 9.80 Å². The van der Waals surface area contributed by atoms with E-state index in [0.717, 1.165) is 89.1 Å². The number of nitrogens with zero attached hydrogens (tertiary/aromatic N) is 2. The molecule has 4 heteroatoms. The lowest BCUT2D eigenvalue weighted by Crippen LogP contribution is -2.18. The van der Waals surface area contributed by atoms with Gasteiger partial charge >= 0.3 is 0 Å². The first-order valence-corrected chi connectivity index (χ1v) is 25.7. The van der Waals surface area contributed by atoms with Crippen LogP contribution in [0.2, 0.25) is 0 Å². The Bertz CT molecular complexity index is 4430. The van der Waals surface area contributed by atoms with Crippen molar-refractivity contribution in [2.45, 2.75) is 38.5 Å². The SMILES string of the molecule is CC1(C)c2cc(N(c3ccccc3)c3cccc4c3oc3ccccc34)ccc2-c2cc3c(cc21)-c1c(cc(N(c2ccccc2)c2cccc4c2oc2c(-c5ccccc5)cccc24)c2ccccc12)C3(C)C. The molecule has 0 bridgehead atoms. The Labute approximate surface area is 430 Å². The van der Waals surface area contributed by atoms with E-state index in [1.807, 2.05) is 6.07 Å². The molecule has 0 N–H and O–H groups in total. The summed E-state index contributed by atoms with van der Waals surface area (Å²) in [6.45, 7) is 9.65. The number of benzene rings is 11. The van der Waals surface area contributed by atoms with E-state index in [9.17, 15) is 0 Å². The van der Waals surface area contributed by atoms with Crippen LogP contribution in [0.3, 0.4) is 0 Å². The summed E-state index contributed by atoms with van der Waals surface area (Å²) in [6, 6.07) is 83.7. The van der Waals surface area contributed by atoms with Crippen molar-refractivity contribution in [3.8, 4) is 33.4 Å². The number of hydrogen-bond acceptors (Lipinski definition) is 4. The molecule has 2 aliphatic rings. The van der Waals surface area contributed by atoms with Crippen LogP contribution in [0.25, 0.3) is 88.0 Å². The Morgan fingerprint density at radius 3 is 1.54 bits per heavy atom. The molecule has 0 fully saturated rings. The molecule has 0 spiro atoms. The lowest BCUT2D eigenvalue weighted by atomic mass is 9.79. The highest BCUT2D eigenvalue weighted by molar-refractivity contribution is 6.16. The number of furan rings is 2. The third kappa shape index (κ3) is 6.03. The van der Waals surface area contributed by atoms with Gasteiger partial charge in [-0.25, -0.2) is 0 Å². The molecule has 0 amide bonds. The van der Waals surface area contributed by atoms with Gasteiger partial charge in [0, 0.05) is 60.4 Å². The van der Waals surface area contributed by atoms with Gasteiger partial charge in [0.2, 0.25) is 0 Å². The topological polar surface area (TPSA) is 32.8 Å². The first kappa shape index (κ1) is 42.6. The highest BCUT2D eigenvalue weighted by Gasteiger charge is 2.43. The summed E-state index contributed by atoms with van der Waals surface area (Å²) < 4.78 is 13.8. The fraction of sp³-hybridized carbons (Fsp3) is 0.0857. The Hall–Kier alpha value is -9.12. The largest absolute Gasteiger partial charge is 0.454 e. The minimum absolute atomic E-state index is 0.290. The second kappa shape index (κ2) is 15.7. The van der Waals surface area contributed by atoms with Crippen LogP contribution in [-0.2, 0) is 10.8 Å². The summed E-state index contributed by atoms with van der Waals surface area (Å²) in [5, 5.41) is 6.86. The van der Waals surface area contributed by atoms with Crippen LogP contribution in [0.15, 0.2) is 239 Å². The van der Waals surface area contributed by atoms with Gasteiger partial charge in [-0.2, -0.15) is 0 Å². The van der Waals surface area contributed by atoms with E-state index in [-0.39, 0.29) is 10.8 Å². The quantitative estimate of drug-likeness (QED) is 0.159. The highest BCUT2D eigenvalue weighted by atomic mass is 16.3. The zero-order chi connectivity index (χ0) is 49.5. The van der Waals surface area contributed by atoms with Crippen molar-refractivity contribution < 1.29 is 8.83 Å². The predicted molar refractivity (Wildman–Crippen MR) is 308 cm³/mol. The molecular formula is C70H50N2O2. The van der Waals surface area contributed by atoms with Gasteiger partial charge in [-0.3, -0.25) is 0 Å². The molecule has 0 saturated heterocycles. The van der Waals surface area contributed by atoms with Gasteiger partial charge < -0.3 is 18.6 Å². The first-order valence-electron chi connectivity index (χ1n) is 25.7. The summed E-state index contributed by atoms with van der Waals surface area (Å²) in [5.41, 5.74) is 22.1. The van der Waals surface area contributed by atoms with Gasteiger partial charge in [0.15, 0.2) is 11.2 Å². The third-order valence-electron chi connectivity index (χ3n) is 16.4. The Morgan fingerprint density at radius 2 is 0.811 bits per heavy atom. The molecule has 0 atom stereocenters. The molecule has 2 aromatic heterocycles. The van der Waals surface area contributed by atoms with Crippen LogP contribution in [-0.4, -0.2) is 0 Å². The molecule has 74 heavy (non-hydrogen) atoms. The Morgan fingerprint density at radius 1 is 0.297 bits per heavy atom. The lowest BCUT2D eigenvalue weighted by Gasteiger charge is -2.29. The monoisotopic (exact) mass is 950 g/mol. The zero-order valence-electron chi connectivity index (χ0n) is 41.7. The third-order valence-corrected chi connectivity index (χ3v) is 16.4. The van der Waals surface area contributed by atoms with Crippen LogP contribution in [0, 0.1) is 0 Å². The number of hydrogen-bond donors (Lipinski definition) is 0. The number of fused-ring (bicyclic) bond motifs is 14. The van der Waals surface area contributed by atoms with Crippen molar-refractivity contribution >= 4 is 88.8 Å². The van der Waals surface area contributed by atoms with Crippen LogP contribution in [0.1, 0.15) is 49.9 Å². The maximum atomic E-state index is 7.13. The molecule has 4 nitrogen and oxygen atoms in total. The predicted octanol–water partition coefficient (Wildman–Crippen LogP) is 19.9. The molecule has 11 aromatic carbocycles. The van der Waals surface area contributed by atoms with Gasteiger partial charge in [-0.1, -0.05) is 185 Å². The molecule has 2 aliphatic carbocycles. The lowest BCUT2D eigenvalue weighted by molar-refractivity contribution is 0.652. The maximum absolute atomic E-state index is 7.13. The van der Waals surface area contributed by atoms with E-state index in [2.05, 4.69) is 262 Å². The van der Waals surface area contributed by atoms with E-state index in [1.54, 1.807) is 0 Å². The summed E-state index contributed by atoms with van der Waals surface area (Å²) >= 11 is 0. The standard InChI is InChI=1S/C70H50N2O2/c1-69(2)57-39-46(71(44-23-10-6-11-24-44)61-34-19-32-52-50-28-16-17-36-64(50)73-67(52)61)37-38-48(57)55-40-59-56(41-58(55)69)65-51-29-15-14-27-49(51)63(42-60(65)70(59,3)4)72(45-25-12-7-13-26-45)62-35-20-33-54-53-31-18-30-47(66(53)74-68(54)62)43-21-8-5-9-22-43/h5-42H,1-4H3. The van der Waals surface area contributed by atoms with Crippen molar-refractivity contribution in [2.24, 2.45) is 0 Å².